The summed E-state index contributed by atoms with van der Waals surface area (Å²) < 4.78 is 33.5. The predicted molar refractivity (Wildman–Crippen MR) is 269 cm³/mol. The summed E-state index contributed by atoms with van der Waals surface area (Å²) in [5.41, 5.74) is 0. The third-order valence-electron chi connectivity index (χ3n) is 9.64. The van der Waals surface area contributed by atoms with Crippen LogP contribution in [0.3, 0.4) is 0 Å². The Balaban J connectivity index is 4.21. The summed E-state index contributed by atoms with van der Waals surface area (Å²) in [7, 11) is -4.54. The van der Waals surface area contributed by atoms with Crippen molar-refractivity contribution >= 4 is 13.8 Å². The molecule has 0 radical (unpaired) electrons. The fourth-order valence-electron chi connectivity index (χ4n) is 6.00. The number of carbonyl (C=O) groups is 1. The van der Waals surface area contributed by atoms with Gasteiger partial charge in [-0.2, -0.15) is 0 Å². The van der Waals surface area contributed by atoms with Crippen LogP contribution >= 0.6 is 7.82 Å². The van der Waals surface area contributed by atoms with Gasteiger partial charge in [-0.05, 0) is 103 Å². The van der Waals surface area contributed by atoms with Crippen molar-refractivity contribution in [3.05, 3.63) is 122 Å². The maximum Gasteiger partial charge on any atom is 0.472 e. The molecule has 0 aromatic carbocycles. The van der Waals surface area contributed by atoms with Gasteiger partial charge >= 0.3 is 13.8 Å². The number of esters is 1. The second-order valence-corrected chi connectivity index (χ2v) is 17.2. The summed E-state index contributed by atoms with van der Waals surface area (Å²) in [6.45, 7) is 3.20. The normalized spacial score (nSPS) is 14.9. The maximum atomic E-state index is 12.7. The minimum absolute atomic E-state index is 0.0208. The van der Waals surface area contributed by atoms with Gasteiger partial charge in [-0.1, -0.05) is 180 Å². The second-order valence-electron chi connectivity index (χ2n) is 15.7. The summed E-state index contributed by atoms with van der Waals surface area (Å²) in [6, 6.07) is 0. The molecule has 3 atom stereocenters. The van der Waals surface area contributed by atoms with E-state index in [9.17, 15) is 19.4 Å². The zero-order valence-electron chi connectivity index (χ0n) is 39.9. The van der Waals surface area contributed by atoms with Crippen molar-refractivity contribution < 1.29 is 43.0 Å². The first-order valence-electron chi connectivity index (χ1n) is 24.5. The number of aliphatic hydroxyl groups is 2. The molecule has 0 fully saturated rings. The maximum absolute atomic E-state index is 12.7. The molecule has 0 saturated heterocycles. The number of hydrogen-bond acceptors (Lipinski definition) is 8. The van der Waals surface area contributed by atoms with Crippen molar-refractivity contribution in [3.63, 3.8) is 0 Å². The molecule has 0 rings (SSSR count). The first kappa shape index (κ1) is 60.9. The fraction of sp³-hybridized carbons (Fsp3) is 0.611. The van der Waals surface area contributed by atoms with Crippen molar-refractivity contribution in [2.24, 2.45) is 0 Å². The van der Waals surface area contributed by atoms with Crippen LogP contribution in [0.1, 0.15) is 168 Å². The molecule has 0 aliphatic heterocycles. The molecule has 0 heterocycles. The van der Waals surface area contributed by atoms with E-state index >= 15 is 0 Å². The molecule has 3 N–H and O–H groups in total. The Morgan fingerprint density at radius 2 is 0.844 bits per heavy atom. The van der Waals surface area contributed by atoms with Gasteiger partial charge in [0.15, 0.2) is 0 Å². The molecule has 0 aromatic heterocycles. The van der Waals surface area contributed by atoms with Crippen LogP contribution in [0.5, 0.6) is 0 Å². The Bertz CT molecular complexity index is 1400. The first-order chi connectivity index (χ1) is 31.3. The molecule has 0 aliphatic rings. The predicted octanol–water partition coefficient (Wildman–Crippen LogP) is 14.4. The van der Waals surface area contributed by atoms with Gasteiger partial charge in [0, 0.05) is 13.0 Å². The van der Waals surface area contributed by atoms with E-state index in [1.807, 2.05) is 0 Å². The van der Waals surface area contributed by atoms with Gasteiger partial charge in [0.2, 0.25) is 0 Å². The molecule has 364 valence electrons. The Kier molecular flexibility index (Phi) is 46.9. The number of aliphatic hydroxyl groups excluding tert-OH is 2. The number of rotatable bonds is 45. The highest BCUT2D eigenvalue weighted by atomic mass is 31.2. The van der Waals surface area contributed by atoms with Crippen molar-refractivity contribution in [3.8, 4) is 0 Å². The van der Waals surface area contributed by atoms with Crippen LogP contribution in [0, 0.1) is 0 Å². The summed E-state index contributed by atoms with van der Waals surface area (Å²) >= 11 is 0. The van der Waals surface area contributed by atoms with E-state index in [4.69, 9.17) is 23.6 Å². The van der Waals surface area contributed by atoms with Crippen molar-refractivity contribution in [2.75, 3.05) is 33.0 Å². The quantitative estimate of drug-likeness (QED) is 0.0236. The standard InChI is InChI=1S/C54H89O9P/c1-3-5-7-9-11-13-15-17-19-21-23-24-25-26-27-29-31-33-35-37-39-41-43-45-47-60-50-53(51-62-64(58,59)61-49-52(56)48-55)63-54(57)46-44-42-40-38-36-34-32-30-28-22-20-18-16-14-12-10-8-6-4-2/h5-8,11-14,17-20,23-24,26-28,30,34,36,52-53,55-56H,3-4,9-10,15-16,21-22,25,29,31-33,35,37-51H2,1-2H3,(H,58,59)/b7-5-,8-6-,13-11-,14-12-,19-17-,20-18-,24-23-,27-26-,30-28-,36-34-. The lowest BCUT2D eigenvalue weighted by atomic mass is 10.1. The number of ether oxygens (including phenoxy) is 2. The molecule has 0 bridgehead atoms. The molecule has 0 aromatic rings. The highest BCUT2D eigenvalue weighted by molar-refractivity contribution is 7.47. The van der Waals surface area contributed by atoms with Gasteiger partial charge in [0.05, 0.1) is 26.4 Å². The Labute approximate surface area is 390 Å². The second kappa shape index (κ2) is 49.3. The summed E-state index contributed by atoms with van der Waals surface area (Å²) in [4.78, 5) is 22.7. The van der Waals surface area contributed by atoms with E-state index in [1.165, 1.54) is 32.1 Å². The number of phosphoric ester groups is 1. The third kappa shape index (κ3) is 48.3. The minimum Gasteiger partial charge on any atom is -0.457 e. The fourth-order valence-corrected chi connectivity index (χ4v) is 6.79. The zero-order valence-corrected chi connectivity index (χ0v) is 40.8. The Morgan fingerprint density at radius 1 is 0.484 bits per heavy atom. The zero-order chi connectivity index (χ0) is 46.7. The number of carbonyl (C=O) groups excluding carboxylic acids is 1. The molecule has 3 unspecified atom stereocenters. The van der Waals surface area contributed by atoms with Crippen LogP contribution in [0.15, 0.2) is 122 Å². The number of phosphoric acid groups is 1. The van der Waals surface area contributed by atoms with Crippen LogP contribution in [0.25, 0.3) is 0 Å². The van der Waals surface area contributed by atoms with E-state index in [2.05, 4.69) is 135 Å². The van der Waals surface area contributed by atoms with Gasteiger partial charge in [-0.3, -0.25) is 13.8 Å². The SMILES string of the molecule is CC/C=C\C/C=C\C/C=C\C/C=C\C/C=C\CCCCCCCCCCOCC(COP(=O)(O)OCC(O)CO)OC(=O)CCCCC/C=C\C/C=C\C/C=C\C/C=C\C/C=C\CC. The first-order valence-corrected chi connectivity index (χ1v) is 26.0. The lowest BCUT2D eigenvalue weighted by molar-refractivity contribution is -0.154. The van der Waals surface area contributed by atoms with E-state index < -0.39 is 45.8 Å². The average Bonchev–Trinajstić information content (AvgIpc) is 3.29. The number of allylic oxidation sites excluding steroid dienone is 20. The van der Waals surface area contributed by atoms with Crippen molar-refractivity contribution in [1.82, 2.24) is 0 Å². The molecule has 0 saturated carbocycles. The van der Waals surface area contributed by atoms with Crippen molar-refractivity contribution in [2.45, 2.75) is 180 Å². The lowest BCUT2D eigenvalue weighted by Gasteiger charge is -2.20. The largest absolute Gasteiger partial charge is 0.472 e. The number of unbranched alkanes of at least 4 members (excludes halogenated alkanes) is 11. The third-order valence-corrected chi connectivity index (χ3v) is 10.6. The molecule has 0 aliphatic carbocycles. The molecular formula is C54H89O9P. The van der Waals surface area contributed by atoms with E-state index in [-0.39, 0.29) is 13.0 Å². The van der Waals surface area contributed by atoms with Gasteiger partial charge in [-0.25, -0.2) is 4.57 Å². The highest BCUT2D eigenvalue weighted by Gasteiger charge is 2.26. The highest BCUT2D eigenvalue weighted by Crippen LogP contribution is 2.43. The van der Waals surface area contributed by atoms with Crippen LogP contribution in [0.4, 0.5) is 0 Å². The smallest absolute Gasteiger partial charge is 0.457 e. The summed E-state index contributed by atoms with van der Waals surface area (Å²) in [6.07, 6.45) is 65.9. The molecular weight excluding hydrogens is 824 g/mol. The summed E-state index contributed by atoms with van der Waals surface area (Å²) in [5.74, 6) is -0.422. The van der Waals surface area contributed by atoms with E-state index in [0.717, 1.165) is 109 Å². The van der Waals surface area contributed by atoms with Gasteiger partial charge in [0.25, 0.3) is 0 Å². The molecule has 0 spiro atoms. The van der Waals surface area contributed by atoms with E-state index in [0.29, 0.717) is 13.0 Å². The van der Waals surface area contributed by atoms with Crippen molar-refractivity contribution in [1.29, 1.82) is 0 Å². The van der Waals surface area contributed by atoms with Crippen LogP contribution in [-0.4, -0.2) is 66.3 Å². The summed E-state index contributed by atoms with van der Waals surface area (Å²) in [5, 5.41) is 18.4. The van der Waals surface area contributed by atoms with Crippen LogP contribution < -0.4 is 0 Å². The Morgan fingerprint density at radius 3 is 1.27 bits per heavy atom. The minimum atomic E-state index is -4.54. The average molecular weight is 913 g/mol. The molecule has 64 heavy (non-hydrogen) atoms. The van der Waals surface area contributed by atoms with Gasteiger partial charge in [-0.15, -0.1) is 0 Å². The number of hydrogen-bond donors (Lipinski definition) is 3. The van der Waals surface area contributed by atoms with Crippen LogP contribution in [0.2, 0.25) is 0 Å². The monoisotopic (exact) mass is 913 g/mol. The van der Waals surface area contributed by atoms with Crippen LogP contribution in [-0.2, 0) is 27.9 Å². The lowest BCUT2D eigenvalue weighted by Crippen LogP contribution is -2.29. The molecule has 0 amide bonds. The topological polar surface area (TPSA) is 132 Å². The van der Waals surface area contributed by atoms with Gasteiger partial charge in [0.1, 0.15) is 12.2 Å². The molecule has 10 heteroatoms. The Hall–Kier alpha value is -3.14. The van der Waals surface area contributed by atoms with Gasteiger partial charge < -0.3 is 24.6 Å². The van der Waals surface area contributed by atoms with E-state index in [1.54, 1.807) is 0 Å². The molecule has 9 nitrogen and oxygen atoms in total.